The van der Waals surface area contributed by atoms with Crippen LogP contribution in [0.5, 0.6) is 0 Å². The second kappa shape index (κ2) is 13.3. The molecule has 0 atom stereocenters. The molecule has 1 aromatic rings. The van der Waals surface area contributed by atoms with Crippen molar-refractivity contribution in [2.24, 2.45) is 5.73 Å². The molecule has 2 nitrogen and oxygen atoms in total. The van der Waals surface area contributed by atoms with Crippen molar-refractivity contribution in [1.82, 2.24) is 0 Å². The van der Waals surface area contributed by atoms with Gasteiger partial charge in [0, 0.05) is 6.54 Å². The molecule has 1 aromatic carbocycles. The van der Waals surface area contributed by atoms with Crippen molar-refractivity contribution in [3.8, 4) is 0 Å². The molecule has 0 heterocycles. The summed E-state index contributed by atoms with van der Waals surface area (Å²) in [6, 6.07) is 8.02. The van der Waals surface area contributed by atoms with Gasteiger partial charge in [-0.25, -0.2) is 0 Å². The molecule has 0 spiro atoms. The highest BCUT2D eigenvalue weighted by Crippen LogP contribution is 2.16. The van der Waals surface area contributed by atoms with Gasteiger partial charge in [-0.2, -0.15) is 0 Å². The van der Waals surface area contributed by atoms with E-state index in [1.54, 1.807) is 6.08 Å². The number of benzene rings is 1. The molecule has 1 aliphatic carbocycles. The second-order valence-corrected chi connectivity index (χ2v) is 4.85. The van der Waals surface area contributed by atoms with Gasteiger partial charge in [-0.1, -0.05) is 74.9 Å². The molecule has 0 unspecified atom stereocenters. The molecular weight excluding hydrogens is 258 g/mol. The molecule has 3 N–H and O–H groups in total. The third-order valence-electron chi connectivity index (χ3n) is 3.18. The minimum Gasteiger partial charge on any atom is -0.393 e. The lowest BCUT2D eigenvalue weighted by Crippen LogP contribution is -2.09. The smallest absolute Gasteiger partial charge is 0.0540 e. The van der Waals surface area contributed by atoms with E-state index in [1.807, 2.05) is 36.4 Å². The molecule has 2 rings (SSSR count). The van der Waals surface area contributed by atoms with Gasteiger partial charge in [0.05, 0.1) is 6.10 Å². The van der Waals surface area contributed by atoms with E-state index in [0.29, 0.717) is 6.54 Å². The molecule has 0 saturated heterocycles. The molecule has 1 aliphatic rings. The number of hydrogen-bond donors (Lipinski definition) is 2. The highest BCUT2D eigenvalue weighted by molar-refractivity contribution is 5.63. The predicted molar refractivity (Wildman–Crippen MR) is 95.0 cm³/mol. The number of rotatable bonds is 3. The molecule has 0 bridgehead atoms. The van der Waals surface area contributed by atoms with E-state index in [0.717, 1.165) is 24.0 Å². The van der Waals surface area contributed by atoms with Crippen LogP contribution < -0.4 is 5.73 Å². The molecule has 0 amide bonds. The highest BCUT2D eigenvalue weighted by atomic mass is 16.3. The van der Waals surface area contributed by atoms with Crippen molar-refractivity contribution >= 4 is 12.2 Å². The van der Waals surface area contributed by atoms with Crippen LogP contribution in [-0.2, 0) is 0 Å². The Morgan fingerprint density at radius 2 is 1.43 bits per heavy atom. The Morgan fingerprint density at radius 1 is 1.00 bits per heavy atom. The topological polar surface area (TPSA) is 46.2 Å². The van der Waals surface area contributed by atoms with Gasteiger partial charge in [-0.3, -0.25) is 0 Å². The van der Waals surface area contributed by atoms with Gasteiger partial charge in [0.15, 0.2) is 0 Å². The van der Waals surface area contributed by atoms with Gasteiger partial charge in [-0.15, -0.1) is 6.58 Å². The average molecular weight is 287 g/mol. The van der Waals surface area contributed by atoms with E-state index in [2.05, 4.69) is 19.7 Å². The Morgan fingerprint density at radius 3 is 1.67 bits per heavy atom. The van der Waals surface area contributed by atoms with Crippen molar-refractivity contribution < 1.29 is 5.11 Å². The number of nitrogens with two attached hydrogens (primary N) is 1. The zero-order chi connectivity index (χ0) is 15.9. The van der Waals surface area contributed by atoms with Crippen LogP contribution in [0.3, 0.4) is 0 Å². The zero-order valence-corrected chi connectivity index (χ0v) is 13.0. The first-order valence-corrected chi connectivity index (χ1v) is 7.52. The third-order valence-corrected chi connectivity index (χ3v) is 3.18. The SMILES string of the molecule is C=CCN.C=Cc1ccccc1C=C.OC1CCCCC1. The fourth-order valence-corrected chi connectivity index (χ4v) is 1.96. The van der Waals surface area contributed by atoms with E-state index in [-0.39, 0.29) is 6.10 Å². The summed E-state index contributed by atoms with van der Waals surface area (Å²) in [6.45, 7) is 11.3. The Labute approximate surface area is 129 Å². The maximum atomic E-state index is 8.91. The summed E-state index contributed by atoms with van der Waals surface area (Å²) in [5.74, 6) is 0. The molecule has 1 saturated carbocycles. The van der Waals surface area contributed by atoms with Crippen LogP contribution >= 0.6 is 0 Å². The molecule has 21 heavy (non-hydrogen) atoms. The second-order valence-electron chi connectivity index (χ2n) is 4.85. The summed E-state index contributed by atoms with van der Waals surface area (Å²) in [7, 11) is 0. The monoisotopic (exact) mass is 287 g/mol. The summed E-state index contributed by atoms with van der Waals surface area (Å²) in [5, 5.41) is 8.91. The van der Waals surface area contributed by atoms with Crippen molar-refractivity contribution in [3.63, 3.8) is 0 Å². The van der Waals surface area contributed by atoms with Crippen molar-refractivity contribution in [3.05, 3.63) is 61.2 Å². The Balaban J connectivity index is 0.000000317. The Bertz CT molecular complexity index is 379. The summed E-state index contributed by atoms with van der Waals surface area (Å²) < 4.78 is 0. The van der Waals surface area contributed by atoms with Gasteiger partial charge in [0.2, 0.25) is 0 Å². The summed E-state index contributed by atoms with van der Waals surface area (Å²) in [4.78, 5) is 0. The van der Waals surface area contributed by atoms with Gasteiger partial charge >= 0.3 is 0 Å². The van der Waals surface area contributed by atoms with E-state index in [1.165, 1.54) is 19.3 Å². The molecule has 1 fully saturated rings. The molecule has 0 radical (unpaired) electrons. The number of aliphatic hydroxyl groups is 1. The van der Waals surface area contributed by atoms with E-state index in [4.69, 9.17) is 10.8 Å². The lowest BCUT2D eigenvalue weighted by atomic mass is 9.98. The van der Waals surface area contributed by atoms with Crippen LogP contribution in [0.4, 0.5) is 0 Å². The largest absolute Gasteiger partial charge is 0.393 e. The predicted octanol–water partition coefficient (Wildman–Crippen LogP) is 4.42. The molecule has 116 valence electrons. The summed E-state index contributed by atoms with van der Waals surface area (Å²) in [6.07, 6.45) is 11.2. The summed E-state index contributed by atoms with van der Waals surface area (Å²) >= 11 is 0. The first-order chi connectivity index (χ1) is 10.2. The Kier molecular flexibility index (Phi) is 12.3. The molecule has 0 aromatic heterocycles. The quantitative estimate of drug-likeness (QED) is 0.809. The number of aliphatic hydroxyl groups excluding tert-OH is 1. The lowest BCUT2D eigenvalue weighted by molar-refractivity contribution is 0.130. The fraction of sp³-hybridized carbons (Fsp3) is 0.368. The molecule has 0 aliphatic heterocycles. The van der Waals surface area contributed by atoms with E-state index < -0.39 is 0 Å². The number of hydrogen-bond acceptors (Lipinski definition) is 2. The summed E-state index contributed by atoms with van der Waals surface area (Å²) in [5.41, 5.74) is 7.18. The van der Waals surface area contributed by atoms with E-state index in [9.17, 15) is 0 Å². The van der Waals surface area contributed by atoms with Crippen molar-refractivity contribution in [2.45, 2.75) is 38.2 Å². The van der Waals surface area contributed by atoms with Crippen LogP contribution in [0.15, 0.2) is 50.1 Å². The maximum absolute atomic E-state index is 8.91. The third kappa shape index (κ3) is 9.83. The maximum Gasteiger partial charge on any atom is 0.0540 e. The van der Waals surface area contributed by atoms with Gasteiger partial charge in [0.25, 0.3) is 0 Å². The van der Waals surface area contributed by atoms with Gasteiger partial charge < -0.3 is 10.8 Å². The zero-order valence-electron chi connectivity index (χ0n) is 13.0. The van der Waals surface area contributed by atoms with E-state index >= 15 is 0 Å². The molecular formula is C19H29NO. The highest BCUT2D eigenvalue weighted by Gasteiger charge is 2.07. The standard InChI is InChI=1S/C10H10.C6H12O.C3H7N/c1-3-9-7-5-6-8-10(9)4-2;7-6-4-2-1-3-5-6;1-2-3-4/h3-8H,1-2H2;6-7H,1-5H2;2H,1,3-4H2. The van der Waals surface area contributed by atoms with Crippen LogP contribution in [0.1, 0.15) is 43.2 Å². The van der Waals surface area contributed by atoms with Crippen LogP contribution in [0, 0.1) is 0 Å². The van der Waals surface area contributed by atoms with Crippen molar-refractivity contribution in [2.75, 3.05) is 6.54 Å². The minimum atomic E-state index is 0.0359. The molecule has 2 heteroatoms. The Hall–Kier alpha value is -1.64. The minimum absolute atomic E-state index is 0.0359. The first-order valence-electron chi connectivity index (χ1n) is 7.52. The first kappa shape index (κ1) is 19.4. The fourth-order valence-electron chi connectivity index (χ4n) is 1.96. The van der Waals surface area contributed by atoms with Gasteiger partial charge in [0.1, 0.15) is 0 Å². The van der Waals surface area contributed by atoms with Gasteiger partial charge in [-0.05, 0) is 24.0 Å². The van der Waals surface area contributed by atoms with Crippen LogP contribution in [0.25, 0.3) is 12.2 Å². The normalized spacial score (nSPS) is 13.8. The van der Waals surface area contributed by atoms with Crippen molar-refractivity contribution in [1.29, 1.82) is 0 Å². The average Bonchev–Trinajstić information content (AvgIpc) is 2.56. The van der Waals surface area contributed by atoms with Crippen LogP contribution in [0.2, 0.25) is 0 Å². The van der Waals surface area contributed by atoms with Crippen LogP contribution in [-0.4, -0.2) is 17.8 Å². The lowest BCUT2D eigenvalue weighted by Gasteiger charge is -2.14.